The van der Waals surface area contributed by atoms with Crippen molar-refractivity contribution in [1.29, 1.82) is 0 Å². The van der Waals surface area contributed by atoms with Gasteiger partial charge in [0, 0.05) is 18.3 Å². The highest BCUT2D eigenvalue weighted by molar-refractivity contribution is 5.21. The molecule has 2 nitrogen and oxygen atoms in total. The second-order valence-electron chi connectivity index (χ2n) is 7.43. The van der Waals surface area contributed by atoms with Gasteiger partial charge >= 0.3 is 0 Å². The van der Waals surface area contributed by atoms with E-state index in [0.717, 1.165) is 19.4 Å². The summed E-state index contributed by atoms with van der Waals surface area (Å²) in [5, 5.41) is 3.63. The maximum Gasteiger partial charge on any atom is 0.0210 e. The lowest BCUT2D eigenvalue weighted by atomic mass is 9.72. The van der Waals surface area contributed by atoms with Crippen LogP contribution in [0.1, 0.15) is 58.4 Å². The Kier molecular flexibility index (Phi) is 5.10. The molecule has 0 spiro atoms. The van der Waals surface area contributed by atoms with E-state index in [2.05, 4.69) is 63.3 Å². The predicted molar refractivity (Wildman–Crippen MR) is 91.2 cm³/mol. The van der Waals surface area contributed by atoms with Gasteiger partial charge in [0.25, 0.3) is 0 Å². The van der Waals surface area contributed by atoms with E-state index >= 15 is 0 Å². The van der Waals surface area contributed by atoms with E-state index in [-0.39, 0.29) is 0 Å². The maximum atomic E-state index is 6.22. The zero-order valence-corrected chi connectivity index (χ0v) is 13.9. The van der Waals surface area contributed by atoms with Crippen LogP contribution in [-0.2, 0) is 0 Å². The summed E-state index contributed by atoms with van der Waals surface area (Å²) in [6.45, 7) is 10.1. The first kappa shape index (κ1) is 16.1. The molecule has 1 aromatic rings. The van der Waals surface area contributed by atoms with Gasteiger partial charge in [0.1, 0.15) is 0 Å². The van der Waals surface area contributed by atoms with Crippen molar-refractivity contribution in [3.05, 3.63) is 47.2 Å². The number of benzene rings is 1. The van der Waals surface area contributed by atoms with Crippen molar-refractivity contribution in [3.8, 4) is 0 Å². The Balaban J connectivity index is 1.97. The van der Waals surface area contributed by atoms with Crippen LogP contribution in [0.4, 0.5) is 0 Å². The third kappa shape index (κ3) is 4.60. The van der Waals surface area contributed by atoms with E-state index in [0.29, 0.717) is 17.4 Å². The second kappa shape index (κ2) is 6.65. The van der Waals surface area contributed by atoms with Crippen molar-refractivity contribution in [3.63, 3.8) is 0 Å². The van der Waals surface area contributed by atoms with Crippen molar-refractivity contribution >= 4 is 0 Å². The van der Waals surface area contributed by atoms with Crippen LogP contribution >= 0.6 is 0 Å². The van der Waals surface area contributed by atoms with Crippen LogP contribution in [0.5, 0.6) is 0 Å². The quantitative estimate of drug-likeness (QED) is 0.871. The summed E-state index contributed by atoms with van der Waals surface area (Å²) in [6.07, 6.45) is 3.34. The number of nitrogens with one attached hydrogen (secondary N) is 1. The molecule has 0 saturated heterocycles. The average molecular weight is 286 g/mol. The fourth-order valence-electron chi connectivity index (χ4n) is 3.44. The average Bonchev–Trinajstić information content (AvgIpc) is 2.43. The van der Waals surface area contributed by atoms with E-state index in [9.17, 15) is 0 Å². The van der Waals surface area contributed by atoms with Crippen molar-refractivity contribution in [2.75, 3.05) is 6.54 Å². The topological polar surface area (TPSA) is 38.0 Å². The van der Waals surface area contributed by atoms with Gasteiger partial charge in [0.2, 0.25) is 0 Å². The van der Waals surface area contributed by atoms with Gasteiger partial charge < -0.3 is 11.1 Å². The van der Waals surface area contributed by atoms with E-state index in [4.69, 9.17) is 5.73 Å². The molecule has 2 heteroatoms. The minimum Gasteiger partial charge on any atom is -0.388 e. The standard InChI is InChI=1S/C19H30N2/c1-14(16-8-6-5-7-9-16)13-21-15(2)17-10-18(20)12-19(3,4)11-17/h5-9,14,18,21H,10-13,20H2,1-4H3/b17-15-. The number of allylic oxidation sites excluding steroid dienone is 1. The van der Waals surface area contributed by atoms with E-state index < -0.39 is 0 Å². The van der Waals surface area contributed by atoms with E-state index in [1.54, 1.807) is 0 Å². The lowest BCUT2D eigenvalue weighted by molar-refractivity contribution is 0.262. The first-order chi connectivity index (χ1) is 9.87. The van der Waals surface area contributed by atoms with Gasteiger partial charge in [0.15, 0.2) is 0 Å². The molecule has 0 aliphatic heterocycles. The van der Waals surface area contributed by atoms with Crippen LogP contribution in [0.2, 0.25) is 0 Å². The number of hydrogen-bond donors (Lipinski definition) is 2. The predicted octanol–water partition coefficient (Wildman–Crippen LogP) is 4.19. The van der Waals surface area contributed by atoms with Crippen molar-refractivity contribution in [1.82, 2.24) is 5.32 Å². The molecule has 2 unspecified atom stereocenters. The molecule has 0 heterocycles. The summed E-state index contributed by atoms with van der Waals surface area (Å²) in [5.74, 6) is 0.520. The van der Waals surface area contributed by atoms with Crippen molar-refractivity contribution < 1.29 is 0 Å². The van der Waals surface area contributed by atoms with Crippen molar-refractivity contribution in [2.24, 2.45) is 11.1 Å². The number of rotatable bonds is 4. The monoisotopic (exact) mass is 286 g/mol. The van der Waals surface area contributed by atoms with Gasteiger partial charge in [-0.15, -0.1) is 0 Å². The highest BCUT2D eigenvalue weighted by atomic mass is 14.9. The van der Waals surface area contributed by atoms with Crippen LogP contribution in [0.15, 0.2) is 41.6 Å². The third-order valence-electron chi connectivity index (χ3n) is 4.59. The van der Waals surface area contributed by atoms with Gasteiger partial charge in [-0.25, -0.2) is 0 Å². The zero-order chi connectivity index (χ0) is 15.5. The lowest BCUT2D eigenvalue weighted by Crippen LogP contribution is -2.35. The molecular formula is C19H30N2. The smallest absolute Gasteiger partial charge is 0.0210 e. The van der Waals surface area contributed by atoms with E-state index in [1.165, 1.54) is 23.3 Å². The largest absolute Gasteiger partial charge is 0.388 e. The summed E-state index contributed by atoms with van der Waals surface area (Å²) in [6, 6.07) is 11.0. The van der Waals surface area contributed by atoms with Gasteiger partial charge in [0.05, 0.1) is 0 Å². The second-order valence-corrected chi connectivity index (χ2v) is 7.43. The summed E-state index contributed by atoms with van der Waals surface area (Å²) in [7, 11) is 0. The van der Waals surface area contributed by atoms with Crippen LogP contribution in [0.3, 0.4) is 0 Å². The molecule has 116 valence electrons. The molecule has 1 aliphatic rings. The summed E-state index contributed by atoms with van der Waals surface area (Å²) in [4.78, 5) is 0. The molecule has 1 aromatic carbocycles. The van der Waals surface area contributed by atoms with Crippen LogP contribution in [0.25, 0.3) is 0 Å². The summed E-state index contributed by atoms with van der Waals surface area (Å²) >= 11 is 0. The SMILES string of the molecule is C/C(NCC(C)c1ccccc1)=C1\CC(N)CC(C)(C)C1. The van der Waals surface area contributed by atoms with Crippen LogP contribution in [0, 0.1) is 5.41 Å². The fraction of sp³-hybridized carbons (Fsp3) is 0.579. The molecule has 0 radical (unpaired) electrons. The highest BCUT2D eigenvalue weighted by Gasteiger charge is 2.29. The zero-order valence-electron chi connectivity index (χ0n) is 13.9. The summed E-state index contributed by atoms with van der Waals surface area (Å²) < 4.78 is 0. The minimum atomic E-state index is 0.312. The van der Waals surface area contributed by atoms with Gasteiger partial charge in [-0.2, -0.15) is 0 Å². The van der Waals surface area contributed by atoms with Crippen molar-refractivity contribution in [2.45, 2.75) is 58.9 Å². The molecule has 2 atom stereocenters. The molecule has 1 aliphatic carbocycles. The van der Waals surface area contributed by atoms with E-state index in [1.807, 2.05) is 0 Å². The molecule has 2 rings (SSSR count). The summed E-state index contributed by atoms with van der Waals surface area (Å²) in [5.41, 5.74) is 10.8. The first-order valence-electron chi connectivity index (χ1n) is 8.10. The molecule has 1 fully saturated rings. The Morgan fingerprint density at radius 1 is 1.33 bits per heavy atom. The molecule has 0 bridgehead atoms. The molecule has 21 heavy (non-hydrogen) atoms. The normalized spacial score (nSPS) is 25.3. The Bertz CT molecular complexity index is 488. The maximum absolute atomic E-state index is 6.22. The van der Waals surface area contributed by atoms with Gasteiger partial charge in [-0.05, 0) is 48.7 Å². The molecular weight excluding hydrogens is 256 g/mol. The molecule has 0 amide bonds. The highest BCUT2D eigenvalue weighted by Crippen LogP contribution is 2.38. The number of hydrogen-bond acceptors (Lipinski definition) is 2. The third-order valence-corrected chi connectivity index (χ3v) is 4.59. The molecule has 1 saturated carbocycles. The lowest BCUT2D eigenvalue weighted by Gasteiger charge is -2.36. The molecule has 3 N–H and O–H groups in total. The van der Waals surface area contributed by atoms with Crippen LogP contribution in [-0.4, -0.2) is 12.6 Å². The minimum absolute atomic E-state index is 0.312. The Hall–Kier alpha value is -1.28. The van der Waals surface area contributed by atoms with Crippen LogP contribution < -0.4 is 11.1 Å². The molecule has 0 aromatic heterocycles. The van der Waals surface area contributed by atoms with Gasteiger partial charge in [-0.3, -0.25) is 0 Å². The Morgan fingerprint density at radius 2 is 2.00 bits per heavy atom. The Labute approximate surface area is 129 Å². The fourth-order valence-corrected chi connectivity index (χ4v) is 3.44. The Morgan fingerprint density at radius 3 is 2.62 bits per heavy atom. The first-order valence-corrected chi connectivity index (χ1v) is 8.10. The number of nitrogens with two attached hydrogens (primary N) is 1. The van der Waals surface area contributed by atoms with Gasteiger partial charge in [-0.1, -0.05) is 51.1 Å².